The van der Waals surface area contributed by atoms with Gasteiger partial charge in [-0.05, 0) is 30.2 Å². The summed E-state index contributed by atoms with van der Waals surface area (Å²) in [6.45, 7) is 2.39. The lowest BCUT2D eigenvalue weighted by atomic mass is 10.2. The molecule has 98 valence electrons. The van der Waals surface area contributed by atoms with Gasteiger partial charge in [-0.3, -0.25) is 4.79 Å². The molecule has 4 heteroatoms. The zero-order valence-corrected chi connectivity index (χ0v) is 11.5. The monoisotopic (exact) mass is 275 g/mol. The zero-order valence-electron chi connectivity index (χ0n) is 10.8. The molecule has 2 aromatic rings. The van der Waals surface area contributed by atoms with Crippen molar-refractivity contribution in [2.45, 2.75) is 19.9 Å². The van der Waals surface area contributed by atoms with E-state index in [0.29, 0.717) is 10.7 Å². The van der Waals surface area contributed by atoms with Crippen molar-refractivity contribution in [3.05, 3.63) is 59.4 Å². The Hall–Kier alpha value is -1.87. The Kier molecular flexibility index (Phi) is 4.53. The predicted octanol–water partition coefficient (Wildman–Crippen LogP) is 2.83. The van der Waals surface area contributed by atoms with Crippen molar-refractivity contribution >= 4 is 23.2 Å². The average Bonchev–Trinajstić information content (AvgIpc) is 2.39. The van der Waals surface area contributed by atoms with Crippen LogP contribution >= 0.6 is 11.6 Å². The van der Waals surface area contributed by atoms with Gasteiger partial charge in [-0.1, -0.05) is 24.6 Å². The molecule has 0 atom stereocenters. The van der Waals surface area contributed by atoms with Crippen LogP contribution < -0.4 is 9.88 Å². The largest absolute Gasteiger partial charge is 0.321 e. The standard InChI is InChI=1S/C15H15ClN2O/c1-2-12-6-8-18(9-7-12)11-15(19)17-14-5-3-4-13(16)10-14/h3-10H,2,11H2,1H3/p+1. The van der Waals surface area contributed by atoms with E-state index in [1.165, 1.54) is 5.56 Å². The first kappa shape index (κ1) is 13.6. The number of carbonyl (C=O) groups is 1. The summed E-state index contributed by atoms with van der Waals surface area (Å²) in [5.41, 5.74) is 1.97. The summed E-state index contributed by atoms with van der Waals surface area (Å²) in [5, 5.41) is 3.42. The fraction of sp³-hybridized carbons (Fsp3) is 0.200. The summed E-state index contributed by atoms with van der Waals surface area (Å²) in [5.74, 6) is -0.0727. The second-order valence-corrected chi connectivity index (χ2v) is 4.73. The molecule has 0 aliphatic heterocycles. The highest BCUT2D eigenvalue weighted by Gasteiger charge is 2.09. The summed E-state index contributed by atoms with van der Waals surface area (Å²) in [7, 11) is 0. The Morgan fingerprint density at radius 2 is 2.00 bits per heavy atom. The van der Waals surface area contributed by atoms with Crippen molar-refractivity contribution in [2.24, 2.45) is 0 Å². The first-order valence-electron chi connectivity index (χ1n) is 6.21. The molecule has 3 nitrogen and oxygen atoms in total. The summed E-state index contributed by atoms with van der Waals surface area (Å²) >= 11 is 5.87. The lowest BCUT2D eigenvalue weighted by Gasteiger charge is -2.03. The van der Waals surface area contributed by atoms with Crippen molar-refractivity contribution in [3.8, 4) is 0 Å². The number of carbonyl (C=O) groups excluding carboxylic acids is 1. The molecule has 0 aliphatic rings. The summed E-state index contributed by atoms with van der Waals surface area (Å²) in [6.07, 6.45) is 4.82. The maximum atomic E-state index is 11.9. The number of benzene rings is 1. The van der Waals surface area contributed by atoms with E-state index in [-0.39, 0.29) is 12.5 Å². The quantitative estimate of drug-likeness (QED) is 0.855. The number of rotatable bonds is 4. The first-order valence-corrected chi connectivity index (χ1v) is 6.58. The topological polar surface area (TPSA) is 33.0 Å². The van der Waals surface area contributed by atoms with Crippen molar-refractivity contribution < 1.29 is 9.36 Å². The second kappa shape index (κ2) is 6.34. The van der Waals surface area contributed by atoms with Gasteiger partial charge in [0, 0.05) is 22.8 Å². The molecule has 1 aromatic carbocycles. The van der Waals surface area contributed by atoms with Gasteiger partial charge in [0.1, 0.15) is 0 Å². The predicted molar refractivity (Wildman–Crippen MR) is 76.1 cm³/mol. The number of amides is 1. The van der Waals surface area contributed by atoms with Gasteiger partial charge in [-0.25, -0.2) is 0 Å². The molecule has 0 saturated heterocycles. The minimum absolute atomic E-state index is 0.0727. The molecule has 0 fully saturated rings. The molecule has 0 unspecified atom stereocenters. The van der Waals surface area contributed by atoms with Crippen LogP contribution in [0, 0.1) is 0 Å². The van der Waals surface area contributed by atoms with Crippen LogP contribution in [0.3, 0.4) is 0 Å². The third-order valence-electron chi connectivity index (χ3n) is 2.80. The number of nitrogens with one attached hydrogen (secondary N) is 1. The highest BCUT2D eigenvalue weighted by Crippen LogP contribution is 2.14. The number of halogens is 1. The number of aromatic nitrogens is 1. The van der Waals surface area contributed by atoms with Crippen LogP contribution in [-0.4, -0.2) is 5.91 Å². The van der Waals surface area contributed by atoms with E-state index in [1.807, 2.05) is 35.2 Å². The lowest BCUT2D eigenvalue weighted by Crippen LogP contribution is -2.39. The smallest absolute Gasteiger partial charge is 0.290 e. The fourth-order valence-electron chi connectivity index (χ4n) is 1.76. The number of nitrogens with zero attached hydrogens (tertiary/aromatic N) is 1. The van der Waals surface area contributed by atoms with Crippen molar-refractivity contribution in [1.82, 2.24) is 0 Å². The number of pyridine rings is 1. The Balaban J connectivity index is 1.97. The highest BCUT2D eigenvalue weighted by atomic mass is 35.5. The van der Waals surface area contributed by atoms with Crippen LogP contribution in [0.2, 0.25) is 5.02 Å². The van der Waals surface area contributed by atoms with Gasteiger partial charge in [-0.15, -0.1) is 0 Å². The number of anilines is 1. The Labute approximate surface area is 117 Å². The van der Waals surface area contributed by atoms with Gasteiger partial charge in [0.2, 0.25) is 6.54 Å². The lowest BCUT2D eigenvalue weighted by molar-refractivity contribution is -0.684. The van der Waals surface area contributed by atoms with E-state index in [9.17, 15) is 4.79 Å². The normalized spacial score (nSPS) is 10.2. The summed E-state index contributed by atoms with van der Waals surface area (Å²) in [4.78, 5) is 11.9. The third kappa shape index (κ3) is 4.07. The van der Waals surface area contributed by atoms with E-state index in [2.05, 4.69) is 12.2 Å². The van der Waals surface area contributed by atoms with Gasteiger partial charge in [-0.2, -0.15) is 4.57 Å². The Morgan fingerprint density at radius 1 is 1.26 bits per heavy atom. The number of hydrogen-bond donors (Lipinski definition) is 1. The SMILES string of the molecule is CCc1cc[n+](CC(=O)Nc2cccc(Cl)c2)cc1. The van der Waals surface area contributed by atoms with Crippen LogP contribution in [-0.2, 0) is 17.8 Å². The van der Waals surface area contributed by atoms with Gasteiger partial charge >= 0.3 is 0 Å². The maximum Gasteiger partial charge on any atom is 0.290 e. The molecular weight excluding hydrogens is 260 g/mol. The summed E-state index contributed by atoms with van der Waals surface area (Å²) < 4.78 is 1.85. The molecule has 2 rings (SSSR count). The van der Waals surface area contributed by atoms with Crippen LogP contribution in [0.1, 0.15) is 12.5 Å². The molecule has 0 radical (unpaired) electrons. The maximum absolute atomic E-state index is 11.9. The molecule has 0 spiro atoms. The Morgan fingerprint density at radius 3 is 2.63 bits per heavy atom. The summed E-state index contributed by atoms with van der Waals surface area (Å²) in [6, 6.07) is 11.2. The van der Waals surface area contributed by atoms with Gasteiger partial charge in [0.05, 0.1) is 0 Å². The van der Waals surface area contributed by atoms with Crippen LogP contribution in [0.4, 0.5) is 5.69 Å². The van der Waals surface area contributed by atoms with Gasteiger partial charge in [0.25, 0.3) is 5.91 Å². The average molecular weight is 276 g/mol. The molecule has 1 amide bonds. The minimum atomic E-state index is -0.0727. The molecule has 1 heterocycles. The van der Waals surface area contributed by atoms with Crippen LogP contribution in [0.15, 0.2) is 48.8 Å². The van der Waals surface area contributed by atoms with E-state index in [0.717, 1.165) is 6.42 Å². The molecule has 0 saturated carbocycles. The molecule has 1 aromatic heterocycles. The van der Waals surface area contributed by atoms with Gasteiger partial charge < -0.3 is 5.32 Å². The minimum Gasteiger partial charge on any atom is -0.321 e. The van der Waals surface area contributed by atoms with E-state index >= 15 is 0 Å². The number of hydrogen-bond acceptors (Lipinski definition) is 1. The molecular formula is C15H16ClN2O+. The molecule has 0 bridgehead atoms. The van der Waals surface area contributed by atoms with E-state index in [4.69, 9.17) is 11.6 Å². The van der Waals surface area contributed by atoms with Gasteiger partial charge in [0.15, 0.2) is 12.4 Å². The Bertz CT molecular complexity index is 567. The highest BCUT2D eigenvalue weighted by molar-refractivity contribution is 6.30. The first-order chi connectivity index (χ1) is 9.17. The van der Waals surface area contributed by atoms with Crippen molar-refractivity contribution in [2.75, 3.05) is 5.32 Å². The van der Waals surface area contributed by atoms with Crippen LogP contribution in [0.25, 0.3) is 0 Å². The van der Waals surface area contributed by atoms with E-state index < -0.39 is 0 Å². The molecule has 1 N–H and O–H groups in total. The third-order valence-corrected chi connectivity index (χ3v) is 3.04. The number of aryl methyl sites for hydroxylation is 1. The molecule has 0 aliphatic carbocycles. The molecule has 19 heavy (non-hydrogen) atoms. The zero-order chi connectivity index (χ0) is 13.7. The van der Waals surface area contributed by atoms with Crippen molar-refractivity contribution in [3.63, 3.8) is 0 Å². The van der Waals surface area contributed by atoms with Crippen LogP contribution in [0.5, 0.6) is 0 Å². The van der Waals surface area contributed by atoms with Crippen molar-refractivity contribution in [1.29, 1.82) is 0 Å². The van der Waals surface area contributed by atoms with E-state index in [1.54, 1.807) is 18.2 Å². The second-order valence-electron chi connectivity index (χ2n) is 4.29. The fourth-order valence-corrected chi connectivity index (χ4v) is 1.95.